The molecule has 0 spiro atoms. The SMILES string of the molecule is Cc1cccc(C(=O)NC(C)C(=O)NC2CC2)c1I. The zero-order chi connectivity index (χ0) is 14.0. The summed E-state index contributed by atoms with van der Waals surface area (Å²) in [6, 6.07) is 5.38. The van der Waals surface area contributed by atoms with E-state index in [0.29, 0.717) is 11.6 Å². The molecule has 2 amide bonds. The van der Waals surface area contributed by atoms with Crippen molar-refractivity contribution < 1.29 is 9.59 Å². The van der Waals surface area contributed by atoms with Crippen LogP contribution in [-0.4, -0.2) is 23.9 Å². The van der Waals surface area contributed by atoms with Crippen LogP contribution < -0.4 is 10.6 Å². The average molecular weight is 372 g/mol. The second-order valence-corrected chi connectivity index (χ2v) is 5.99. The molecule has 2 N–H and O–H groups in total. The molecule has 0 aliphatic heterocycles. The van der Waals surface area contributed by atoms with E-state index in [2.05, 4.69) is 33.2 Å². The second kappa shape index (κ2) is 5.90. The third-order valence-electron chi connectivity index (χ3n) is 3.10. The van der Waals surface area contributed by atoms with Gasteiger partial charge in [0.2, 0.25) is 5.91 Å². The molecule has 0 radical (unpaired) electrons. The number of hydrogen-bond acceptors (Lipinski definition) is 2. The Bertz CT molecular complexity index is 512. The van der Waals surface area contributed by atoms with Gasteiger partial charge in [-0.3, -0.25) is 9.59 Å². The van der Waals surface area contributed by atoms with Gasteiger partial charge in [0.1, 0.15) is 6.04 Å². The molecule has 1 saturated carbocycles. The summed E-state index contributed by atoms with van der Waals surface area (Å²) in [6.07, 6.45) is 2.09. The number of halogens is 1. The summed E-state index contributed by atoms with van der Waals surface area (Å²) >= 11 is 2.15. The Kier molecular flexibility index (Phi) is 4.44. The van der Waals surface area contributed by atoms with Crippen LogP contribution in [0.25, 0.3) is 0 Å². The monoisotopic (exact) mass is 372 g/mol. The second-order valence-electron chi connectivity index (χ2n) is 4.91. The maximum Gasteiger partial charge on any atom is 0.253 e. The molecule has 1 fully saturated rings. The van der Waals surface area contributed by atoms with Gasteiger partial charge in [0.15, 0.2) is 0 Å². The standard InChI is InChI=1S/C14H17IN2O2/c1-8-4-3-5-11(12(8)15)14(19)16-9(2)13(18)17-10-6-7-10/h3-5,9-10H,6-7H2,1-2H3,(H,16,19)(H,17,18). The highest BCUT2D eigenvalue weighted by Gasteiger charge is 2.26. The zero-order valence-electron chi connectivity index (χ0n) is 11.0. The molecule has 0 bridgehead atoms. The molecule has 0 heterocycles. The lowest BCUT2D eigenvalue weighted by Crippen LogP contribution is -2.45. The molecule has 102 valence electrons. The minimum absolute atomic E-state index is 0.112. The topological polar surface area (TPSA) is 58.2 Å². The van der Waals surface area contributed by atoms with Crippen LogP contribution in [0.15, 0.2) is 18.2 Å². The van der Waals surface area contributed by atoms with E-state index in [4.69, 9.17) is 0 Å². The number of carbonyl (C=O) groups is 2. The summed E-state index contributed by atoms with van der Waals surface area (Å²) in [4.78, 5) is 23.9. The molecular formula is C14H17IN2O2. The molecule has 19 heavy (non-hydrogen) atoms. The van der Waals surface area contributed by atoms with Gasteiger partial charge in [0, 0.05) is 9.61 Å². The molecule has 1 aromatic rings. The van der Waals surface area contributed by atoms with Gasteiger partial charge < -0.3 is 10.6 Å². The highest BCUT2D eigenvalue weighted by atomic mass is 127. The Labute approximate surface area is 126 Å². The van der Waals surface area contributed by atoms with Crippen molar-refractivity contribution in [1.82, 2.24) is 10.6 Å². The van der Waals surface area contributed by atoms with Crippen LogP contribution in [0.4, 0.5) is 0 Å². The fourth-order valence-electron chi connectivity index (χ4n) is 1.72. The zero-order valence-corrected chi connectivity index (χ0v) is 13.2. The molecule has 5 heteroatoms. The van der Waals surface area contributed by atoms with Crippen LogP contribution in [0.3, 0.4) is 0 Å². The number of benzene rings is 1. The van der Waals surface area contributed by atoms with Crippen LogP contribution in [0.5, 0.6) is 0 Å². The summed E-state index contributed by atoms with van der Waals surface area (Å²) in [5.41, 5.74) is 1.68. The predicted octanol–water partition coefficient (Wildman–Crippen LogP) is 2.00. The number of nitrogens with one attached hydrogen (secondary N) is 2. The molecule has 1 atom stereocenters. The molecule has 1 aromatic carbocycles. The van der Waals surface area contributed by atoms with Crippen molar-refractivity contribution in [2.75, 3.05) is 0 Å². The molecule has 0 aromatic heterocycles. The maximum absolute atomic E-state index is 12.1. The lowest BCUT2D eigenvalue weighted by Gasteiger charge is -2.15. The van der Waals surface area contributed by atoms with Crippen LogP contribution in [0.1, 0.15) is 35.7 Å². The Morgan fingerprint density at radius 2 is 2.05 bits per heavy atom. The third kappa shape index (κ3) is 3.68. The molecule has 0 saturated heterocycles. The lowest BCUT2D eigenvalue weighted by molar-refractivity contribution is -0.122. The van der Waals surface area contributed by atoms with Crippen LogP contribution >= 0.6 is 22.6 Å². The number of aryl methyl sites for hydroxylation is 1. The first-order valence-corrected chi connectivity index (χ1v) is 7.43. The minimum Gasteiger partial charge on any atom is -0.352 e. The maximum atomic E-state index is 12.1. The average Bonchev–Trinajstić information content (AvgIpc) is 3.16. The molecular weight excluding hydrogens is 355 g/mol. The fourth-order valence-corrected chi connectivity index (χ4v) is 2.32. The number of hydrogen-bond donors (Lipinski definition) is 2. The Balaban J connectivity index is 1.99. The Morgan fingerprint density at radius 1 is 1.37 bits per heavy atom. The minimum atomic E-state index is -0.510. The first kappa shape index (κ1) is 14.3. The van der Waals surface area contributed by atoms with Crippen molar-refractivity contribution >= 4 is 34.4 Å². The first-order chi connectivity index (χ1) is 8.99. The number of amides is 2. The lowest BCUT2D eigenvalue weighted by atomic mass is 10.1. The van der Waals surface area contributed by atoms with Crippen LogP contribution in [0.2, 0.25) is 0 Å². The van der Waals surface area contributed by atoms with E-state index in [-0.39, 0.29) is 11.8 Å². The van der Waals surface area contributed by atoms with Crippen molar-refractivity contribution in [3.8, 4) is 0 Å². The van der Waals surface area contributed by atoms with E-state index < -0.39 is 6.04 Å². The van der Waals surface area contributed by atoms with Gasteiger partial charge in [-0.1, -0.05) is 12.1 Å². The highest BCUT2D eigenvalue weighted by Crippen LogP contribution is 2.19. The fraction of sp³-hybridized carbons (Fsp3) is 0.429. The van der Waals surface area contributed by atoms with Gasteiger partial charge in [-0.2, -0.15) is 0 Å². The molecule has 1 aliphatic rings. The summed E-state index contributed by atoms with van der Waals surface area (Å²) < 4.78 is 0.924. The van der Waals surface area contributed by atoms with Gasteiger partial charge in [0.05, 0.1) is 5.56 Å². The van der Waals surface area contributed by atoms with Crippen molar-refractivity contribution in [3.63, 3.8) is 0 Å². The molecule has 2 rings (SSSR count). The predicted molar refractivity (Wildman–Crippen MR) is 82.0 cm³/mol. The van der Waals surface area contributed by atoms with E-state index in [1.165, 1.54) is 0 Å². The van der Waals surface area contributed by atoms with Crippen molar-refractivity contribution in [1.29, 1.82) is 0 Å². The highest BCUT2D eigenvalue weighted by molar-refractivity contribution is 14.1. The van der Waals surface area contributed by atoms with Gasteiger partial charge in [-0.25, -0.2) is 0 Å². The number of rotatable bonds is 4. The van der Waals surface area contributed by atoms with Crippen LogP contribution in [0, 0.1) is 10.5 Å². The van der Waals surface area contributed by atoms with Crippen LogP contribution in [-0.2, 0) is 4.79 Å². The normalized spacial score (nSPS) is 15.7. The summed E-state index contributed by atoms with van der Waals surface area (Å²) in [5.74, 6) is -0.315. The molecule has 4 nitrogen and oxygen atoms in total. The van der Waals surface area contributed by atoms with Crippen molar-refractivity contribution in [2.45, 2.75) is 38.8 Å². The van der Waals surface area contributed by atoms with E-state index in [9.17, 15) is 9.59 Å². The van der Waals surface area contributed by atoms with Gasteiger partial charge in [0.25, 0.3) is 5.91 Å². The van der Waals surface area contributed by atoms with E-state index in [1.54, 1.807) is 13.0 Å². The summed E-state index contributed by atoms with van der Waals surface area (Å²) in [5, 5.41) is 5.62. The van der Waals surface area contributed by atoms with Crippen molar-refractivity contribution in [3.05, 3.63) is 32.9 Å². The third-order valence-corrected chi connectivity index (χ3v) is 4.53. The summed E-state index contributed by atoms with van der Waals surface area (Å²) in [6.45, 7) is 3.67. The smallest absolute Gasteiger partial charge is 0.253 e. The van der Waals surface area contributed by atoms with Gasteiger partial charge in [-0.05, 0) is 60.9 Å². The summed E-state index contributed by atoms with van der Waals surface area (Å²) in [7, 11) is 0. The number of carbonyl (C=O) groups excluding carboxylic acids is 2. The molecule has 1 unspecified atom stereocenters. The van der Waals surface area contributed by atoms with Gasteiger partial charge in [-0.15, -0.1) is 0 Å². The largest absolute Gasteiger partial charge is 0.352 e. The molecule has 1 aliphatic carbocycles. The van der Waals surface area contributed by atoms with Crippen molar-refractivity contribution in [2.24, 2.45) is 0 Å². The quantitative estimate of drug-likeness (QED) is 0.795. The first-order valence-electron chi connectivity index (χ1n) is 6.35. The van der Waals surface area contributed by atoms with E-state index >= 15 is 0 Å². The Hall–Kier alpha value is -1.11. The van der Waals surface area contributed by atoms with E-state index in [1.807, 2.05) is 19.1 Å². The Morgan fingerprint density at radius 3 is 2.68 bits per heavy atom. The van der Waals surface area contributed by atoms with Gasteiger partial charge >= 0.3 is 0 Å². The van der Waals surface area contributed by atoms with E-state index in [0.717, 1.165) is 22.0 Å².